The number of rotatable bonds is 2. The number of aliphatic hydroxyl groups excluding tert-OH is 1. The minimum absolute atomic E-state index is 0.225. The highest BCUT2D eigenvalue weighted by atomic mass is 35.5. The standard InChI is InChI=1S/C11H18ClN3O/c1-7-9(11(12)15(2)14-7)5-8-6-13-4-3-10(8)16/h8,10,13,16H,3-6H2,1-2H3. The zero-order chi connectivity index (χ0) is 11.7. The van der Waals surface area contributed by atoms with Gasteiger partial charge in [-0.15, -0.1) is 0 Å². The molecule has 2 heterocycles. The van der Waals surface area contributed by atoms with E-state index in [0.717, 1.165) is 37.2 Å². The van der Waals surface area contributed by atoms with Gasteiger partial charge in [0.1, 0.15) is 5.15 Å². The van der Waals surface area contributed by atoms with Crippen LogP contribution in [-0.4, -0.2) is 34.1 Å². The van der Waals surface area contributed by atoms with Gasteiger partial charge in [-0.05, 0) is 26.3 Å². The third-order valence-electron chi connectivity index (χ3n) is 3.30. The molecule has 2 unspecified atom stereocenters. The summed E-state index contributed by atoms with van der Waals surface area (Å²) in [7, 11) is 1.84. The fourth-order valence-electron chi connectivity index (χ4n) is 2.29. The molecule has 16 heavy (non-hydrogen) atoms. The van der Waals surface area contributed by atoms with Crippen LogP contribution in [0.15, 0.2) is 0 Å². The summed E-state index contributed by atoms with van der Waals surface area (Å²) < 4.78 is 1.69. The first-order valence-electron chi connectivity index (χ1n) is 5.66. The molecule has 1 aliphatic rings. The fourth-order valence-corrected chi connectivity index (χ4v) is 2.54. The highest BCUT2D eigenvalue weighted by molar-refractivity contribution is 6.30. The van der Waals surface area contributed by atoms with Crippen LogP contribution in [0, 0.1) is 12.8 Å². The van der Waals surface area contributed by atoms with E-state index in [-0.39, 0.29) is 12.0 Å². The molecule has 1 aromatic rings. The van der Waals surface area contributed by atoms with Crippen LogP contribution in [0.1, 0.15) is 17.7 Å². The van der Waals surface area contributed by atoms with Crippen molar-refractivity contribution in [2.45, 2.75) is 25.9 Å². The fraction of sp³-hybridized carbons (Fsp3) is 0.727. The number of hydrogen-bond donors (Lipinski definition) is 2. The normalized spacial score (nSPS) is 26.0. The van der Waals surface area contributed by atoms with Gasteiger partial charge in [-0.2, -0.15) is 5.10 Å². The molecule has 1 aromatic heterocycles. The zero-order valence-electron chi connectivity index (χ0n) is 9.70. The number of nitrogens with one attached hydrogen (secondary N) is 1. The van der Waals surface area contributed by atoms with E-state index in [9.17, 15) is 5.11 Å². The van der Waals surface area contributed by atoms with Crippen LogP contribution in [0.4, 0.5) is 0 Å². The maximum atomic E-state index is 9.91. The van der Waals surface area contributed by atoms with Crippen LogP contribution in [0.25, 0.3) is 0 Å². The van der Waals surface area contributed by atoms with Crippen molar-refractivity contribution in [1.29, 1.82) is 0 Å². The number of halogens is 1. The highest BCUT2D eigenvalue weighted by Gasteiger charge is 2.25. The summed E-state index contributed by atoms with van der Waals surface area (Å²) >= 11 is 6.18. The zero-order valence-corrected chi connectivity index (χ0v) is 10.5. The summed E-state index contributed by atoms with van der Waals surface area (Å²) in [6.07, 6.45) is 1.39. The van der Waals surface area contributed by atoms with E-state index in [1.54, 1.807) is 4.68 Å². The van der Waals surface area contributed by atoms with E-state index in [4.69, 9.17) is 11.6 Å². The number of aliphatic hydroxyl groups is 1. The molecule has 90 valence electrons. The maximum Gasteiger partial charge on any atom is 0.130 e. The molecule has 1 saturated heterocycles. The molecule has 0 amide bonds. The predicted molar refractivity (Wildman–Crippen MR) is 63.6 cm³/mol. The molecule has 5 heteroatoms. The first kappa shape index (κ1) is 11.9. The number of piperidine rings is 1. The molecule has 2 rings (SSSR count). The summed E-state index contributed by atoms with van der Waals surface area (Å²) in [6.45, 7) is 3.72. The SMILES string of the molecule is Cc1nn(C)c(Cl)c1CC1CNCCC1O. The van der Waals surface area contributed by atoms with Crippen LogP contribution >= 0.6 is 11.6 Å². The third-order valence-corrected chi connectivity index (χ3v) is 3.78. The van der Waals surface area contributed by atoms with Gasteiger partial charge in [0.15, 0.2) is 0 Å². The topological polar surface area (TPSA) is 50.1 Å². The molecule has 0 saturated carbocycles. The van der Waals surface area contributed by atoms with Crippen LogP contribution in [0.3, 0.4) is 0 Å². The largest absolute Gasteiger partial charge is 0.393 e. The molecule has 4 nitrogen and oxygen atoms in total. The second-order valence-corrected chi connectivity index (χ2v) is 4.86. The van der Waals surface area contributed by atoms with Gasteiger partial charge in [0.25, 0.3) is 0 Å². The van der Waals surface area contributed by atoms with Gasteiger partial charge in [-0.3, -0.25) is 4.68 Å². The summed E-state index contributed by atoms with van der Waals surface area (Å²) in [4.78, 5) is 0. The molecule has 0 aromatic carbocycles. The van der Waals surface area contributed by atoms with E-state index in [1.165, 1.54) is 0 Å². The van der Waals surface area contributed by atoms with Gasteiger partial charge in [-0.1, -0.05) is 11.6 Å². The number of nitrogens with zero attached hydrogens (tertiary/aromatic N) is 2. The van der Waals surface area contributed by atoms with Crippen molar-refractivity contribution < 1.29 is 5.11 Å². The van der Waals surface area contributed by atoms with Crippen molar-refractivity contribution in [3.05, 3.63) is 16.4 Å². The van der Waals surface area contributed by atoms with Gasteiger partial charge in [-0.25, -0.2) is 0 Å². The minimum atomic E-state index is -0.225. The lowest BCUT2D eigenvalue weighted by Crippen LogP contribution is -2.40. The maximum absolute atomic E-state index is 9.91. The Bertz CT molecular complexity index is 378. The Balaban J connectivity index is 2.13. The Kier molecular flexibility index (Phi) is 3.52. The first-order chi connectivity index (χ1) is 7.59. The first-order valence-corrected chi connectivity index (χ1v) is 6.04. The Hall–Kier alpha value is -0.580. The van der Waals surface area contributed by atoms with Crippen molar-refractivity contribution in [3.63, 3.8) is 0 Å². The Morgan fingerprint density at radius 3 is 2.94 bits per heavy atom. The Morgan fingerprint density at radius 1 is 1.62 bits per heavy atom. The highest BCUT2D eigenvalue weighted by Crippen LogP contribution is 2.24. The van der Waals surface area contributed by atoms with Crippen molar-refractivity contribution in [3.8, 4) is 0 Å². The van der Waals surface area contributed by atoms with Crippen LogP contribution in [0.5, 0.6) is 0 Å². The molecule has 2 atom stereocenters. The summed E-state index contributed by atoms with van der Waals surface area (Å²) in [5, 5.41) is 18.2. The van der Waals surface area contributed by atoms with Gasteiger partial charge < -0.3 is 10.4 Å². The van der Waals surface area contributed by atoms with Gasteiger partial charge in [0.2, 0.25) is 0 Å². The van der Waals surface area contributed by atoms with E-state index in [2.05, 4.69) is 10.4 Å². The summed E-state index contributed by atoms with van der Waals surface area (Å²) in [6, 6.07) is 0. The summed E-state index contributed by atoms with van der Waals surface area (Å²) in [5.41, 5.74) is 2.03. The monoisotopic (exact) mass is 243 g/mol. The average molecular weight is 244 g/mol. The predicted octanol–water partition coefficient (Wildman–Crippen LogP) is 0.895. The van der Waals surface area contributed by atoms with E-state index < -0.39 is 0 Å². The van der Waals surface area contributed by atoms with E-state index >= 15 is 0 Å². The number of aromatic nitrogens is 2. The Morgan fingerprint density at radius 2 is 2.38 bits per heavy atom. The lowest BCUT2D eigenvalue weighted by atomic mass is 9.90. The molecule has 0 bridgehead atoms. The van der Waals surface area contributed by atoms with Crippen molar-refractivity contribution in [1.82, 2.24) is 15.1 Å². The van der Waals surface area contributed by atoms with Crippen molar-refractivity contribution in [2.24, 2.45) is 13.0 Å². The number of hydrogen-bond acceptors (Lipinski definition) is 3. The van der Waals surface area contributed by atoms with Gasteiger partial charge in [0, 0.05) is 25.1 Å². The molecule has 0 aliphatic carbocycles. The van der Waals surface area contributed by atoms with Crippen molar-refractivity contribution >= 4 is 11.6 Å². The van der Waals surface area contributed by atoms with Gasteiger partial charge >= 0.3 is 0 Å². The minimum Gasteiger partial charge on any atom is -0.393 e. The van der Waals surface area contributed by atoms with Crippen LogP contribution in [0.2, 0.25) is 5.15 Å². The lowest BCUT2D eigenvalue weighted by Gasteiger charge is -2.28. The molecular weight excluding hydrogens is 226 g/mol. The number of aryl methyl sites for hydroxylation is 2. The van der Waals surface area contributed by atoms with Crippen molar-refractivity contribution in [2.75, 3.05) is 13.1 Å². The molecule has 0 radical (unpaired) electrons. The molecule has 1 fully saturated rings. The molecule has 1 aliphatic heterocycles. The van der Waals surface area contributed by atoms with E-state index in [0.29, 0.717) is 5.15 Å². The summed E-state index contributed by atoms with van der Waals surface area (Å²) in [5.74, 6) is 0.245. The quantitative estimate of drug-likeness (QED) is 0.812. The van der Waals surface area contributed by atoms with Crippen LogP contribution in [-0.2, 0) is 13.5 Å². The molecule has 0 spiro atoms. The third kappa shape index (κ3) is 2.24. The van der Waals surface area contributed by atoms with Crippen LogP contribution < -0.4 is 5.32 Å². The molecular formula is C11H18ClN3O. The second kappa shape index (κ2) is 4.73. The van der Waals surface area contributed by atoms with E-state index in [1.807, 2.05) is 14.0 Å². The lowest BCUT2D eigenvalue weighted by molar-refractivity contribution is 0.0791. The van der Waals surface area contributed by atoms with Gasteiger partial charge in [0.05, 0.1) is 11.8 Å². The second-order valence-electron chi connectivity index (χ2n) is 4.50. The smallest absolute Gasteiger partial charge is 0.130 e. The molecule has 2 N–H and O–H groups in total. The average Bonchev–Trinajstić information content (AvgIpc) is 2.48. The Labute approximate surface area is 101 Å².